The quantitative estimate of drug-likeness (QED) is 0.839. The second kappa shape index (κ2) is 5.45. The van der Waals surface area contributed by atoms with Crippen LogP contribution in [0.4, 0.5) is 13.2 Å². The van der Waals surface area contributed by atoms with Crippen LogP contribution in [0, 0.1) is 13.8 Å². The second-order valence-corrected chi connectivity index (χ2v) is 5.88. The molecule has 1 unspecified atom stereocenters. The number of aryl methyl sites for hydroxylation is 2. The van der Waals surface area contributed by atoms with E-state index >= 15 is 0 Å². The first-order chi connectivity index (χ1) is 9.30. The lowest BCUT2D eigenvalue weighted by atomic mass is 10.1. The van der Waals surface area contributed by atoms with Gasteiger partial charge in [0, 0.05) is 5.30 Å². The Morgan fingerprint density at radius 3 is 2.20 bits per heavy atom. The smallest absolute Gasteiger partial charge is 0.417 e. The van der Waals surface area contributed by atoms with Crippen molar-refractivity contribution >= 4 is 19.2 Å². The van der Waals surface area contributed by atoms with E-state index in [-0.39, 0.29) is 19.6 Å². The number of hydrogen-bond donors (Lipinski definition) is 1. The molecule has 106 valence electrons. The Labute approximate surface area is 117 Å². The molecule has 0 aliphatic rings. The van der Waals surface area contributed by atoms with Crippen LogP contribution >= 0.6 is 8.58 Å². The van der Waals surface area contributed by atoms with Gasteiger partial charge in [0.2, 0.25) is 0 Å². The fraction of sp³-hybridized carbons (Fsp3) is 0.200. The largest absolute Gasteiger partial charge is 0.507 e. The molecule has 0 bridgehead atoms. The van der Waals surface area contributed by atoms with E-state index in [0.717, 1.165) is 6.07 Å². The molecule has 1 N–H and O–H groups in total. The number of rotatable bonds is 2. The van der Waals surface area contributed by atoms with Crippen LogP contribution in [-0.2, 0) is 6.18 Å². The highest BCUT2D eigenvalue weighted by molar-refractivity contribution is 7.56. The van der Waals surface area contributed by atoms with Crippen LogP contribution in [0.5, 0.6) is 5.75 Å². The van der Waals surface area contributed by atoms with Gasteiger partial charge in [-0.25, -0.2) is 0 Å². The third-order valence-electron chi connectivity index (χ3n) is 3.08. The highest BCUT2D eigenvalue weighted by atomic mass is 31.1. The zero-order valence-electron chi connectivity index (χ0n) is 11.0. The molecule has 1 nitrogen and oxygen atoms in total. The van der Waals surface area contributed by atoms with Crippen LogP contribution in [-0.4, -0.2) is 5.11 Å². The molecular weight excluding hydrogens is 284 g/mol. The number of hydrogen-bond acceptors (Lipinski definition) is 1. The molecule has 0 heterocycles. The van der Waals surface area contributed by atoms with Crippen molar-refractivity contribution in [2.24, 2.45) is 0 Å². The molecule has 0 fully saturated rings. The first-order valence-electron chi connectivity index (χ1n) is 6.03. The fourth-order valence-electron chi connectivity index (χ4n) is 1.96. The molecule has 5 heteroatoms. The standard InChI is InChI=1S/C15H14F3OP/c1-9-5-4-8-12(13(9)19)20-14-10(2)6-3-7-11(14)15(16,17)18/h3-8,19-20H,1-2H3. The van der Waals surface area contributed by atoms with Crippen LogP contribution in [0.25, 0.3) is 0 Å². The summed E-state index contributed by atoms with van der Waals surface area (Å²) in [6, 6.07) is 9.27. The predicted molar refractivity (Wildman–Crippen MR) is 76.6 cm³/mol. The van der Waals surface area contributed by atoms with Gasteiger partial charge in [-0.1, -0.05) is 38.9 Å². The number of benzene rings is 2. The lowest BCUT2D eigenvalue weighted by Crippen LogP contribution is -2.20. The summed E-state index contributed by atoms with van der Waals surface area (Å²) >= 11 is 0. The van der Waals surface area contributed by atoms with E-state index < -0.39 is 11.7 Å². The Balaban J connectivity index is 2.51. The molecule has 0 aliphatic heterocycles. The zero-order chi connectivity index (χ0) is 14.9. The summed E-state index contributed by atoms with van der Waals surface area (Å²) in [6.07, 6.45) is -4.38. The van der Waals surface area contributed by atoms with Gasteiger partial charge in [-0.2, -0.15) is 13.2 Å². The van der Waals surface area contributed by atoms with E-state index in [0.29, 0.717) is 16.4 Å². The summed E-state index contributed by atoms with van der Waals surface area (Å²) < 4.78 is 39.2. The Hall–Kier alpha value is -1.54. The SMILES string of the molecule is Cc1cccc(Pc2c(C)cccc2C(F)(F)F)c1O. The minimum atomic E-state index is -4.38. The van der Waals surface area contributed by atoms with Crippen molar-refractivity contribution in [3.8, 4) is 5.75 Å². The molecule has 0 saturated heterocycles. The molecule has 0 aliphatic carbocycles. The predicted octanol–water partition coefficient (Wildman–Crippen LogP) is 3.66. The molecule has 2 rings (SSSR count). The van der Waals surface area contributed by atoms with Gasteiger partial charge < -0.3 is 5.11 Å². The van der Waals surface area contributed by atoms with E-state index in [1.54, 1.807) is 38.1 Å². The normalized spacial score (nSPS) is 12.2. The van der Waals surface area contributed by atoms with Gasteiger partial charge in [0.25, 0.3) is 0 Å². The van der Waals surface area contributed by atoms with Crippen molar-refractivity contribution in [3.05, 3.63) is 53.1 Å². The number of alkyl halides is 3. The van der Waals surface area contributed by atoms with Crippen molar-refractivity contribution in [1.82, 2.24) is 0 Å². The average molecular weight is 298 g/mol. The summed E-state index contributed by atoms with van der Waals surface area (Å²) in [5, 5.41) is 10.7. The molecule has 2 aromatic carbocycles. The first-order valence-corrected chi connectivity index (χ1v) is 7.03. The molecule has 0 spiro atoms. The Bertz CT molecular complexity index is 636. The van der Waals surface area contributed by atoms with Gasteiger partial charge in [-0.3, -0.25) is 0 Å². The average Bonchev–Trinajstić information content (AvgIpc) is 2.36. The first kappa shape index (κ1) is 14.9. The number of para-hydroxylation sites is 1. The maximum atomic E-state index is 13.1. The van der Waals surface area contributed by atoms with E-state index in [1.807, 2.05) is 0 Å². The van der Waals surface area contributed by atoms with Gasteiger partial charge in [-0.05, 0) is 36.3 Å². The minimum Gasteiger partial charge on any atom is -0.507 e. The second-order valence-electron chi connectivity index (χ2n) is 4.59. The van der Waals surface area contributed by atoms with Crippen molar-refractivity contribution in [2.45, 2.75) is 20.0 Å². The zero-order valence-corrected chi connectivity index (χ0v) is 12.0. The van der Waals surface area contributed by atoms with E-state index in [4.69, 9.17) is 0 Å². The molecule has 0 radical (unpaired) electrons. The van der Waals surface area contributed by atoms with Crippen LogP contribution in [0.2, 0.25) is 0 Å². The molecule has 0 amide bonds. The van der Waals surface area contributed by atoms with Gasteiger partial charge in [0.1, 0.15) is 5.75 Å². The Kier molecular flexibility index (Phi) is 4.05. The molecular formula is C15H14F3OP. The van der Waals surface area contributed by atoms with E-state index in [1.165, 1.54) is 6.07 Å². The van der Waals surface area contributed by atoms with Crippen molar-refractivity contribution in [2.75, 3.05) is 0 Å². The van der Waals surface area contributed by atoms with Crippen molar-refractivity contribution < 1.29 is 18.3 Å². The summed E-state index contributed by atoms with van der Waals surface area (Å²) in [7, 11) is -0.227. The van der Waals surface area contributed by atoms with Crippen LogP contribution < -0.4 is 10.6 Å². The monoisotopic (exact) mass is 298 g/mol. The van der Waals surface area contributed by atoms with Crippen molar-refractivity contribution in [3.63, 3.8) is 0 Å². The lowest BCUT2D eigenvalue weighted by molar-refractivity contribution is -0.136. The summed E-state index contributed by atoms with van der Waals surface area (Å²) in [6.45, 7) is 3.39. The van der Waals surface area contributed by atoms with Crippen molar-refractivity contribution in [1.29, 1.82) is 0 Å². The van der Waals surface area contributed by atoms with E-state index in [9.17, 15) is 18.3 Å². The third kappa shape index (κ3) is 2.96. The minimum absolute atomic E-state index is 0.0715. The topological polar surface area (TPSA) is 20.2 Å². The third-order valence-corrected chi connectivity index (χ3v) is 4.66. The molecule has 2 aromatic rings. The molecule has 1 atom stereocenters. The number of halogens is 3. The van der Waals surface area contributed by atoms with Crippen LogP contribution in [0.3, 0.4) is 0 Å². The van der Waals surface area contributed by atoms with Gasteiger partial charge in [-0.15, -0.1) is 0 Å². The number of aromatic hydroxyl groups is 1. The fourth-order valence-corrected chi connectivity index (χ4v) is 3.37. The summed E-state index contributed by atoms with van der Waals surface area (Å²) in [5.41, 5.74) is 0.618. The molecule has 0 aromatic heterocycles. The van der Waals surface area contributed by atoms with E-state index in [2.05, 4.69) is 0 Å². The molecule has 0 saturated carbocycles. The Morgan fingerprint density at radius 2 is 1.55 bits per heavy atom. The number of phenolic OH excluding ortho intramolecular Hbond substituents is 1. The maximum Gasteiger partial charge on any atom is 0.417 e. The number of phenols is 1. The summed E-state index contributed by atoms with van der Waals surface area (Å²) in [4.78, 5) is 0. The van der Waals surface area contributed by atoms with Gasteiger partial charge in [0.15, 0.2) is 0 Å². The van der Waals surface area contributed by atoms with Gasteiger partial charge in [0.05, 0.1) is 5.56 Å². The molecule has 20 heavy (non-hydrogen) atoms. The summed E-state index contributed by atoms with van der Waals surface area (Å²) in [5.74, 6) is 0.0715. The van der Waals surface area contributed by atoms with Crippen LogP contribution in [0.15, 0.2) is 36.4 Å². The lowest BCUT2D eigenvalue weighted by Gasteiger charge is -2.16. The highest BCUT2D eigenvalue weighted by Crippen LogP contribution is 2.33. The highest BCUT2D eigenvalue weighted by Gasteiger charge is 2.33. The van der Waals surface area contributed by atoms with Crippen LogP contribution in [0.1, 0.15) is 16.7 Å². The Morgan fingerprint density at radius 1 is 0.950 bits per heavy atom. The maximum absolute atomic E-state index is 13.1. The van der Waals surface area contributed by atoms with Gasteiger partial charge >= 0.3 is 6.18 Å².